The van der Waals surface area contributed by atoms with Gasteiger partial charge in [-0.25, -0.2) is 0 Å². The molecule has 0 unspecified atom stereocenters. The highest BCUT2D eigenvalue weighted by Crippen LogP contribution is 2.31. The number of nitrogens with two attached hydrogens (primary N) is 1. The third-order valence-corrected chi connectivity index (χ3v) is 2.84. The predicted octanol–water partition coefficient (Wildman–Crippen LogP) is 0.962. The van der Waals surface area contributed by atoms with E-state index in [0.29, 0.717) is 0 Å². The van der Waals surface area contributed by atoms with Crippen molar-refractivity contribution in [3.8, 4) is 0 Å². The van der Waals surface area contributed by atoms with Crippen molar-refractivity contribution in [2.45, 2.75) is 31.2 Å². The highest BCUT2D eigenvalue weighted by molar-refractivity contribution is 7.03. The Morgan fingerprint density at radius 3 is 2.91 bits per heavy atom. The molecule has 3 nitrogen and oxygen atoms in total. The average molecular weight is 169 g/mol. The highest BCUT2D eigenvalue weighted by Gasteiger charge is 2.33. The van der Waals surface area contributed by atoms with Crippen LogP contribution in [-0.2, 0) is 6.42 Å². The number of aromatic nitrogens is 2. The standard InChI is InChI=1S/C7H11N3S/c8-7(2-1-3-7)4-6-5-11-10-9-6/h5H,1-4,8H2. The molecule has 0 aliphatic heterocycles. The Labute approximate surface area is 69.8 Å². The fraction of sp³-hybridized carbons (Fsp3) is 0.714. The van der Waals surface area contributed by atoms with E-state index in [0.717, 1.165) is 25.0 Å². The monoisotopic (exact) mass is 169 g/mol. The zero-order valence-electron chi connectivity index (χ0n) is 6.29. The van der Waals surface area contributed by atoms with Gasteiger partial charge in [-0.15, -0.1) is 5.10 Å². The van der Waals surface area contributed by atoms with Gasteiger partial charge in [0.05, 0.1) is 5.69 Å². The Kier molecular flexibility index (Phi) is 1.65. The van der Waals surface area contributed by atoms with Crippen molar-refractivity contribution in [3.63, 3.8) is 0 Å². The van der Waals surface area contributed by atoms with Crippen molar-refractivity contribution in [1.29, 1.82) is 0 Å². The summed E-state index contributed by atoms with van der Waals surface area (Å²) in [4.78, 5) is 0. The molecule has 0 amide bonds. The fourth-order valence-corrected chi connectivity index (χ4v) is 1.88. The van der Waals surface area contributed by atoms with Gasteiger partial charge in [0.1, 0.15) is 0 Å². The van der Waals surface area contributed by atoms with Gasteiger partial charge in [-0.1, -0.05) is 4.49 Å². The lowest BCUT2D eigenvalue weighted by molar-refractivity contribution is 0.245. The molecule has 1 heterocycles. The molecular formula is C7H11N3S. The summed E-state index contributed by atoms with van der Waals surface area (Å²) < 4.78 is 3.80. The number of rotatable bonds is 2. The maximum atomic E-state index is 6.03. The van der Waals surface area contributed by atoms with Crippen LogP contribution in [0.5, 0.6) is 0 Å². The van der Waals surface area contributed by atoms with Gasteiger partial charge in [-0.2, -0.15) is 0 Å². The van der Waals surface area contributed by atoms with Crippen LogP contribution in [0.3, 0.4) is 0 Å². The first-order valence-electron chi connectivity index (χ1n) is 3.83. The molecule has 1 aromatic rings. The van der Waals surface area contributed by atoms with Crippen LogP contribution in [0.25, 0.3) is 0 Å². The molecule has 0 radical (unpaired) electrons. The molecule has 2 N–H and O–H groups in total. The second-order valence-electron chi connectivity index (χ2n) is 3.29. The van der Waals surface area contributed by atoms with Crippen LogP contribution in [0.4, 0.5) is 0 Å². The minimum Gasteiger partial charge on any atom is -0.325 e. The zero-order chi connectivity index (χ0) is 7.73. The van der Waals surface area contributed by atoms with E-state index in [1.54, 1.807) is 0 Å². The Morgan fingerprint density at radius 2 is 2.45 bits per heavy atom. The molecule has 1 aromatic heterocycles. The van der Waals surface area contributed by atoms with E-state index in [4.69, 9.17) is 5.73 Å². The summed E-state index contributed by atoms with van der Waals surface area (Å²) in [7, 11) is 0. The third-order valence-electron chi connectivity index (χ3n) is 2.29. The minimum atomic E-state index is 0.0513. The second-order valence-corrected chi connectivity index (χ2v) is 3.90. The van der Waals surface area contributed by atoms with Gasteiger partial charge >= 0.3 is 0 Å². The van der Waals surface area contributed by atoms with E-state index in [2.05, 4.69) is 9.59 Å². The minimum absolute atomic E-state index is 0.0513. The van der Waals surface area contributed by atoms with Gasteiger partial charge in [0.25, 0.3) is 0 Å². The van der Waals surface area contributed by atoms with Crippen molar-refractivity contribution in [3.05, 3.63) is 11.1 Å². The molecule has 1 saturated carbocycles. The summed E-state index contributed by atoms with van der Waals surface area (Å²) in [5.74, 6) is 0. The quantitative estimate of drug-likeness (QED) is 0.717. The van der Waals surface area contributed by atoms with Crippen molar-refractivity contribution in [2.24, 2.45) is 5.73 Å². The SMILES string of the molecule is NC1(Cc2csnn2)CCC1. The molecule has 0 spiro atoms. The Morgan fingerprint density at radius 1 is 1.64 bits per heavy atom. The van der Waals surface area contributed by atoms with Crippen LogP contribution in [0.15, 0.2) is 5.38 Å². The molecule has 0 bridgehead atoms. The number of hydrogen-bond donors (Lipinski definition) is 1. The van der Waals surface area contributed by atoms with Gasteiger partial charge in [-0.05, 0) is 30.8 Å². The lowest BCUT2D eigenvalue weighted by Gasteiger charge is -2.37. The zero-order valence-corrected chi connectivity index (χ0v) is 7.10. The molecule has 0 atom stereocenters. The molecule has 1 fully saturated rings. The Balaban J connectivity index is 2.00. The summed E-state index contributed by atoms with van der Waals surface area (Å²) in [6.07, 6.45) is 4.46. The average Bonchev–Trinajstić information content (AvgIpc) is 2.36. The fourth-order valence-electron chi connectivity index (χ4n) is 1.43. The van der Waals surface area contributed by atoms with Crippen LogP contribution in [-0.4, -0.2) is 15.1 Å². The highest BCUT2D eigenvalue weighted by atomic mass is 32.1. The van der Waals surface area contributed by atoms with E-state index in [1.807, 2.05) is 5.38 Å². The molecule has 11 heavy (non-hydrogen) atoms. The van der Waals surface area contributed by atoms with Crippen molar-refractivity contribution >= 4 is 11.5 Å². The van der Waals surface area contributed by atoms with Crippen molar-refractivity contribution < 1.29 is 0 Å². The topological polar surface area (TPSA) is 51.8 Å². The van der Waals surface area contributed by atoms with Crippen LogP contribution in [0.2, 0.25) is 0 Å². The number of hydrogen-bond acceptors (Lipinski definition) is 4. The summed E-state index contributed by atoms with van der Waals surface area (Å²) in [5, 5.41) is 5.95. The maximum Gasteiger partial charge on any atom is 0.0773 e. The molecule has 4 heteroatoms. The van der Waals surface area contributed by atoms with E-state index in [9.17, 15) is 0 Å². The first kappa shape index (κ1) is 7.18. The molecule has 1 aliphatic carbocycles. The molecule has 60 valence electrons. The Bertz CT molecular complexity index is 228. The molecular weight excluding hydrogens is 158 g/mol. The molecule has 0 saturated heterocycles. The first-order chi connectivity index (χ1) is 5.29. The third kappa shape index (κ3) is 1.41. The van der Waals surface area contributed by atoms with Crippen LogP contribution < -0.4 is 5.73 Å². The van der Waals surface area contributed by atoms with E-state index < -0.39 is 0 Å². The van der Waals surface area contributed by atoms with E-state index in [-0.39, 0.29) is 5.54 Å². The van der Waals surface area contributed by atoms with Crippen LogP contribution >= 0.6 is 11.5 Å². The van der Waals surface area contributed by atoms with Gasteiger partial charge < -0.3 is 5.73 Å². The first-order valence-corrected chi connectivity index (χ1v) is 4.67. The normalized spacial score (nSPS) is 21.2. The predicted molar refractivity (Wildman–Crippen MR) is 44.4 cm³/mol. The van der Waals surface area contributed by atoms with Gasteiger partial charge in [0.2, 0.25) is 0 Å². The summed E-state index contributed by atoms with van der Waals surface area (Å²) in [6, 6.07) is 0. The van der Waals surface area contributed by atoms with Crippen LogP contribution in [0, 0.1) is 0 Å². The lowest BCUT2D eigenvalue weighted by atomic mass is 9.75. The largest absolute Gasteiger partial charge is 0.325 e. The van der Waals surface area contributed by atoms with E-state index in [1.165, 1.54) is 18.0 Å². The van der Waals surface area contributed by atoms with Gasteiger partial charge in [-0.3, -0.25) is 0 Å². The summed E-state index contributed by atoms with van der Waals surface area (Å²) in [6.45, 7) is 0. The van der Waals surface area contributed by atoms with Gasteiger partial charge in [0.15, 0.2) is 0 Å². The molecule has 1 aliphatic rings. The van der Waals surface area contributed by atoms with E-state index >= 15 is 0 Å². The summed E-state index contributed by atoms with van der Waals surface area (Å²) in [5.41, 5.74) is 7.14. The second kappa shape index (κ2) is 2.53. The molecule has 2 rings (SSSR count). The Hall–Kier alpha value is -0.480. The lowest BCUT2D eigenvalue weighted by Crippen LogP contribution is -2.48. The van der Waals surface area contributed by atoms with Crippen molar-refractivity contribution in [1.82, 2.24) is 9.59 Å². The maximum absolute atomic E-state index is 6.03. The molecule has 0 aromatic carbocycles. The number of nitrogens with zero attached hydrogens (tertiary/aromatic N) is 2. The summed E-state index contributed by atoms with van der Waals surface area (Å²) >= 11 is 1.40. The smallest absolute Gasteiger partial charge is 0.0773 e. The van der Waals surface area contributed by atoms with Crippen molar-refractivity contribution in [2.75, 3.05) is 0 Å². The van der Waals surface area contributed by atoms with Crippen LogP contribution in [0.1, 0.15) is 25.0 Å². The van der Waals surface area contributed by atoms with Gasteiger partial charge in [0, 0.05) is 17.3 Å².